The number of hydrogen-bond donors (Lipinski definition) is 2. The minimum absolute atomic E-state index is 0.212. The molecule has 31 heavy (non-hydrogen) atoms. The van der Waals surface area contributed by atoms with Gasteiger partial charge in [-0.15, -0.1) is 0 Å². The highest BCUT2D eigenvalue weighted by Crippen LogP contribution is 2.59. The van der Waals surface area contributed by atoms with Gasteiger partial charge in [0.05, 0.1) is 37.2 Å². The van der Waals surface area contributed by atoms with Crippen LogP contribution in [0.4, 0.5) is 5.69 Å². The average molecular weight is 431 g/mol. The Balaban J connectivity index is 1.73. The molecule has 2 bridgehead atoms. The molecule has 0 aliphatic carbocycles. The van der Waals surface area contributed by atoms with Gasteiger partial charge in [-0.25, -0.2) is 0 Å². The van der Waals surface area contributed by atoms with Crippen LogP contribution in [0.15, 0.2) is 18.2 Å². The topological polar surface area (TPSA) is 105 Å². The van der Waals surface area contributed by atoms with E-state index >= 15 is 0 Å². The zero-order valence-corrected chi connectivity index (χ0v) is 18.4. The fourth-order valence-electron chi connectivity index (χ4n) is 5.53. The molecule has 8 heteroatoms. The molecule has 3 fully saturated rings. The summed E-state index contributed by atoms with van der Waals surface area (Å²) in [6, 6.07) is 4.25. The van der Waals surface area contributed by atoms with Crippen molar-refractivity contribution in [3.05, 3.63) is 29.3 Å². The molecule has 1 spiro atoms. The third-order valence-corrected chi connectivity index (χ3v) is 6.94. The number of aliphatic hydroxyl groups excluding tert-OH is 1. The molecule has 2 N–H and O–H groups in total. The standard InChI is InChI=1S/C23H30N2O6/c1-5-30-22(29)17-16-8-9-23(31-16)18(17)21(28)25(14(4)11-26)19(23)20(27)24-15-10-12(2)6-7-13(15)3/h6-7,10,14,16-19,26H,5,8-9,11H2,1-4H3,(H,24,27)/t14-,16-,17+,18+,19-,23+/m1/s1. The summed E-state index contributed by atoms with van der Waals surface area (Å²) >= 11 is 0. The Kier molecular flexibility index (Phi) is 5.55. The Morgan fingerprint density at radius 1 is 1.39 bits per heavy atom. The summed E-state index contributed by atoms with van der Waals surface area (Å²) < 4.78 is 11.5. The lowest BCUT2D eigenvalue weighted by Gasteiger charge is -2.35. The van der Waals surface area contributed by atoms with Gasteiger partial charge >= 0.3 is 5.97 Å². The highest BCUT2D eigenvalue weighted by molar-refractivity contribution is 6.03. The number of hydrogen-bond acceptors (Lipinski definition) is 6. The van der Waals surface area contributed by atoms with Crippen LogP contribution in [0.25, 0.3) is 0 Å². The smallest absolute Gasteiger partial charge is 0.312 e. The molecule has 4 rings (SSSR count). The molecule has 3 aliphatic heterocycles. The number of nitrogens with one attached hydrogen (secondary N) is 1. The zero-order chi connectivity index (χ0) is 22.5. The number of carbonyl (C=O) groups excluding carboxylic acids is 3. The fraction of sp³-hybridized carbons (Fsp3) is 0.609. The number of amides is 2. The number of aliphatic hydroxyl groups is 1. The summed E-state index contributed by atoms with van der Waals surface area (Å²) in [5.41, 5.74) is 1.48. The maximum absolute atomic E-state index is 13.6. The van der Waals surface area contributed by atoms with Gasteiger partial charge in [0.1, 0.15) is 11.6 Å². The molecule has 1 aromatic rings. The molecule has 2 amide bonds. The van der Waals surface area contributed by atoms with E-state index in [0.29, 0.717) is 18.5 Å². The number of nitrogens with zero attached hydrogens (tertiary/aromatic N) is 1. The quantitative estimate of drug-likeness (QED) is 0.664. The second-order valence-corrected chi connectivity index (χ2v) is 8.89. The first-order valence-electron chi connectivity index (χ1n) is 10.9. The second kappa shape index (κ2) is 7.91. The van der Waals surface area contributed by atoms with E-state index in [9.17, 15) is 19.5 Å². The Morgan fingerprint density at radius 3 is 2.81 bits per heavy atom. The van der Waals surface area contributed by atoms with Crippen LogP contribution in [-0.4, -0.2) is 64.8 Å². The molecule has 1 aromatic carbocycles. The van der Waals surface area contributed by atoms with E-state index in [1.807, 2.05) is 32.0 Å². The summed E-state index contributed by atoms with van der Waals surface area (Å²) in [5, 5.41) is 12.8. The molecule has 3 aliphatic rings. The van der Waals surface area contributed by atoms with Crippen LogP contribution in [0.1, 0.15) is 37.8 Å². The molecular formula is C23H30N2O6. The molecule has 3 saturated heterocycles. The van der Waals surface area contributed by atoms with Gasteiger partial charge in [0.25, 0.3) is 0 Å². The largest absolute Gasteiger partial charge is 0.466 e. The number of esters is 1. The van der Waals surface area contributed by atoms with Crippen LogP contribution in [0.3, 0.4) is 0 Å². The lowest BCUT2D eigenvalue weighted by molar-refractivity contribution is -0.155. The van der Waals surface area contributed by atoms with Gasteiger partial charge in [-0.2, -0.15) is 0 Å². The molecule has 0 saturated carbocycles. The van der Waals surface area contributed by atoms with Crippen molar-refractivity contribution < 1.29 is 29.0 Å². The maximum Gasteiger partial charge on any atom is 0.312 e. The van der Waals surface area contributed by atoms with Crippen molar-refractivity contribution in [2.75, 3.05) is 18.5 Å². The van der Waals surface area contributed by atoms with E-state index in [0.717, 1.165) is 11.1 Å². The summed E-state index contributed by atoms with van der Waals surface area (Å²) in [6.45, 7) is 7.17. The highest BCUT2D eigenvalue weighted by atomic mass is 16.6. The molecule has 0 unspecified atom stereocenters. The Labute approximate surface area is 181 Å². The average Bonchev–Trinajstić information content (AvgIpc) is 3.37. The Hall–Kier alpha value is -2.45. The summed E-state index contributed by atoms with van der Waals surface area (Å²) in [6.07, 6.45) is 0.654. The van der Waals surface area contributed by atoms with Crippen LogP contribution in [-0.2, 0) is 23.9 Å². The van der Waals surface area contributed by atoms with Gasteiger partial charge in [0.15, 0.2) is 0 Å². The normalized spacial score (nSPS) is 32.2. The molecule has 8 nitrogen and oxygen atoms in total. The van der Waals surface area contributed by atoms with Crippen molar-refractivity contribution in [1.29, 1.82) is 0 Å². The minimum Gasteiger partial charge on any atom is -0.466 e. The van der Waals surface area contributed by atoms with Crippen LogP contribution in [0.2, 0.25) is 0 Å². The molecule has 168 valence electrons. The van der Waals surface area contributed by atoms with Gasteiger partial charge in [0, 0.05) is 5.69 Å². The number of benzene rings is 1. The van der Waals surface area contributed by atoms with Crippen LogP contribution < -0.4 is 5.32 Å². The molecular weight excluding hydrogens is 400 g/mol. The van der Waals surface area contributed by atoms with Crippen molar-refractivity contribution in [2.24, 2.45) is 11.8 Å². The van der Waals surface area contributed by atoms with Gasteiger partial charge in [-0.1, -0.05) is 12.1 Å². The number of rotatable bonds is 6. The first-order chi connectivity index (χ1) is 14.7. The second-order valence-electron chi connectivity index (χ2n) is 8.89. The Bertz CT molecular complexity index is 917. The van der Waals surface area contributed by atoms with E-state index in [1.165, 1.54) is 4.90 Å². The van der Waals surface area contributed by atoms with Crippen molar-refractivity contribution in [3.63, 3.8) is 0 Å². The van der Waals surface area contributed by atoms with Gasteiger partial charge in [0.2, 0.25) is 11.8 Å². The summed E-state index contributed by atoms with van der Waals surface area (Å²) in [5.74, 6) is -2.67. The van der Waals surface area contributed by atoms with Crippen LogP contribution >= 0.6 is 0 Å². The van der Waals surface area contributed by atoms with E-state index in [2.05, 4.69) is 5.32 Å². The van der Waals surface area contributed by atoms with Crippen molar-refractivity contribution >= 4 is 23.5 Å². The third-order valence-electron chi connectivity index (χ3n) is 6.94. The minimum atomic E-state index is -1.09. The number of aryl methyl sites for hydroxylation is 2. The first-order valence-corrected chi connectivity index (χ1v) is 10.9. The predicted octanol–water partition coefficient (Wildman–Crippen LogP) is 1.56. The maximum atomic E-state index is 13.6. The van der Waals surface area contributed by atoms with Gasteiger partial charge in [-0.05, 0) is 57.7 Å². The van der Waals surface area contributed by atoms with Crippen molar-refractivity contribution in [3.8, 4) is 0 Å². The Morgan fingerprint density at radius 2 is 2.13 bits per heavy atom. The SMILES string of the molecule is CCOC(=O)[C@@H]1[C@H]2C(=O)N([C@H](C)CO)[C@H](C(=O)Nc3cc(C)ccc3C)[C@]23CC[C@H]1O3. The zero-order valence-electron chi connectivity index (χ0n) is 18.4. The van der Waals surface area contributed by atoms with Gasteiger partial charge in [-0.3, -0.25) is 14.4 Å². The van der Waals surface area contributed by atoms with Crippen LogP contribution in [0, 0.1) is 25.7 Å². The number of carbonyl (C=O) groups is 3. The fourth-order valence-corrected chi connectivity index (χ4v) is 5.53. The first kappa shape index (κ1) is 21.8. The van der Waals surface area contributed by atoms with E-state index < -0.39 is 41.6 Å². The van der Waals surface area contributed by atoms with E-state index in [-0.39, 0.29) is 25.0 Å². The summed E-state index contributed by atoms with van der Waals surface area (Å²) in [7, 11) is 0. The predicted molar refractivity (Wildman–Crippen MR) is 112 cm³/mol. The molecule has 6 atom stereocenters. The van der Waals surface area contributed by atoms with Gasteiger partial charge < -0.3 is 24.8 Å². The highest BCUT2D eigenvalue weighted by Gasteiger charge is 2.75. The number of fused-ring (bicyclic) bond motifs is 1. The lowest BCUT2D eigenvalue weighted by Crippen LogP contribution is -2.55. The monoisotopic (exact) mass is 430 g/mol. The van der Waals surface area contributed by atoms with E-state index in [4.69, 9.17) is 9.47 Å². The summed E-state index contributed by atoms with van der Waals surface area (Å²) in [4.78, 5) is 41.2. The lowest BCUT2D eigenvalue weighted by atomic mass is 9.70. The van der Waals surface area contributed by atoms with Crippen molar-refractivity contribution in [2.45, 2.75) is 64.3 Å². The molecule has 3 heterocycles. The number of likely N-dealkylation sites (tertiary alicyclic amines) is 1. The van der Waals surface area contributed by atoms with E-state index in [1.54, 1.807) is 13.8 Å². The molecule has 0 aromatic heterocycles. The van der Waals surface area contributed by atoms with Crippen LogP contribution in [0.5, 0.6) is 0 Å². The number of anilines is 1. The third kappa shape index (κ3) is 3.24. The van der Waals surface area contributed by atoms with Crippen molar-refractivity contribution in [1.82, 2.24) is 4.90 Å². The number of ether oxygens (including phenoxy) is 2. The molecule has 0 radical (unpaired) electrons.